The van der Waals surface area contributed by atoms with Gasteiger partial charge in [-0.15, -0.1) is 0 Å². The molecule has 0 saturated heterocycles. The Balaban J connectivity index is 1.88. The molecule has 3 rings (SSSR count). The fourth-order valence-corrected chi connectivity index (χ4v) is 3.15. The number of anilines is 1. The minimum Gasteiger partial charge on any atom is -0.327 e. The summed E-state index contributed by atoms with van der Waals surface area (Å²) in [6.45, 7) is 5.79. The van der Waals surface area contributed by atoms with Crippen LogP contribution in [-0.4, -0.2) is 34.3 Å². The van der Waals surface area contributed by atoms with Gasteiger partial charge in [0.25, 0.3) is 5.91 Å². The highest BCUT2D eigenvalue weighted by Crippen LogP contribution is 2.18. The van der Waals surface area contributed by atoms with Gasteiger partial charge in [-0.05, 0) is 39.0 Å². The van der Waals surface area contributed by atoms with E-state index in [-0.39, 0.29) is 22.9 Å². The molecular formula is C22H23N3O3. The number of pyridine rings is 1. The van der Waals surface area contributed by atoms with E-state index in [9.17, 15) is 14.4 Å². The summed E-state index contributed by atoms with van der Waals surface area (Å²) in [6, 6.07) is 15.2. The number of aromatic amines is 1. The van der Waals surface area contributed by atoms with Crippen molar-refractivity contribution in [2.75, 3.05) is 11.9 Å². The van der Waals surface area contributed by atoms with E-state index in [1.165, 1.54) is 11.0 Å². The Labute approximate surface area is 163 Å². The molecule has 0 aliphatic heterocycles. The predicted octanol–water partition coefficient (Wildman–Crippen LogP) is 3.33. The van der Waals surface area contributed by atoms with Gasteiger partial charge in [0.15, 0.2) is 0 Å². The average Bonchev–Trinajstić information content (AvgIpc) is 2.69. The van der Waals surface area contributed by atoms with Crippen LogP contribution in [0.1, 0.15) is 29.8 Å². The van der Waals surface area contributed by atoms with Crippen LogP contribution in [0.2, 0.25) is 0 Å². The first-order valence-electron chi connectivity index (χ1n) is 9.21. The summed E-state index contributed by atoms with van der Waals surface area (Å²) in [5, 5.41) is 3.49. The van der Waals surface area contributed by atoms with Crippen LogP contribution >= 0.6 is 0 Å². The number of hydrogen-bond donors (Lipinski definition) is 2. The van der Waals surface area contributed by atoms with E-state index in [4.69, 9.17) is 0 Å². The van der Waals surface area contributed by atoms with Gasteiger partial charge in [0.2, 0.25) is 11.5 Å². The summed E-state index contributed by atoms with van der Waals surface area (Å²) >= 11 is 0. The number of fused-ring (bicyclic) bond motifs is 1. The van der Waals surface area contributed by atoms with Gasteiger partial charge in [0.05, 0.1) is 5.56 Å². The van der Waals surface area contributed by atoms with E-state index in [1.807, 2.05) is 38.1 Å². The molecule has 0 aliphatic rings. The molecule has 3 aromatic rings. The van der Waals surface area contributed by atoms with Crippen LogP contribution in [0.15, 0.2) is 59.4 Å². The number of carbonyl (C=O) groups is 2. The number of para-hydroxylation sites is 1. The molecule has 1 heterocycles. The maximum Gasteiger partial charge on any atom is 0.255 e. The Bertz CT molecular complexity index is 1070. The second-order valence-corrected chi connectivity index (χ2v) is 6.72. The van der Waals surface area contributed by atoms with Crippen LogP contribution in [0.3, 0.4) is 0 Å². The molecule has 2 N–H and O–H groups in total. The van der Waals surface area contributed by atoms with Crippen molar-refractivity contribution in [2.24, 2.45) is 0 Å². The number of H-pyrrole nitrogens is 1. The third-order valence-corrected chi connectivity index (χ3v) is 4.75. The van der Waals surface area contributed by atoms with Gasteiger partial charge in [0.1, 0.15) is 6.04 Å². The molecule has 1 aromatic heterocycles. The summed E-state index contributed by atoms with van der Waals surface area (Å²) in [6.07, 6.45) is 0. The van der Waals surface area contributed by atoms with Crippen LogP contribution in [0.25, 0.3) is 10.9 Å². The molecule has 0 aliphatic carbocycles. The molecule has 0 saturated carbocycles. The molecule has 0 radical (unpaired) electrons. The summed E-state index contributed by atoms with van der Waals surface area (Å²) in [5.74, 6) is -0.635. The monoisotopic (exact) mass is 377 g/mol. The third-order valence-electron chi connectivity index (χ3n) is 4.75. The van der Waals surface area contributed by atoms with Gasteiger partial charge in [-0.3, -0.25) is 14.4 Å². The number of benzene rings is 2. The first-order valence-corrected chi connectivity index (χ1v) is 9.21. The maximum absolute atomic E-state index is 13.2. The largest absolute Gasteiger partial charge is 0.327 e. The number of carbonyl (C=O) groups excluding carboxylic acids is 2. The van der Waals surface area contributed by atoms with Gasteiger partial charge in [-0.1, -0.05) is 35.9 Å². The first-order chi connectivity index (χ1) is 13.4. The van der Waals surface area contributed by atoms with Gasteiger partial charge in [-0.25, -0.2) is 0 Å². The lowest BCUT2D eigenvalue weighted by molar-refractivity contribution is -0.120. The number of aromatic nitrogens is 1. The zero-order valence-electron chi connectivity index (χ0n) is 16.2. The second-order valence-electron chi connectivity index (χ2n) is 6.72. The molecule has 1 unspecified atom stereocenters. The number of nitrogens with zero attached hydrogens (tertiary/aromatic N) is 1. The van der Waals surface area contributed by atoms with Crippen LogP contribution in [-0.2, 0) is 4.79 Å². The fraction of sp³-hybridized carbons (Fsp3) is 0.227. The molecule has 1 atom stereocenters. The zero-order valence-corrected chi connectivity index (χ0v) is 16.2. The molecule has 0 spiro atoms. The molecule has 6 nitrogen and oxygen atoms in total. The lowest BCUT2D eigenvalue weighted by Gasteiger charge is -2.27. The van der Waals surface area contributed by atoms with E-state index in [0.29, 0.717) is 23.1 Å². The Morgan fingerprint density at radius 1 is 1.11 bits per heavy atom. The summed E-state index contributed by atoms with van der Waals surface area (Å²) in [5.41, 5.74) is 2.29. The Morgan fingerprint density at radius 3 is 2.46 bits per heavy atom. The third kappa shape index (κ3) is 3.96. The van der Waals surface area contributed by atoms with Crippen LogP contribution in [0.5, 0.6) is 0 Å². The second kappa shape index (κ2) is 8.08. The normalized spacial score (nSPS) is 11.8. The highest BCUT2D eigenvalue weighted by molar-refractivity contribution is 6.08. The number of rotatable bonds is 5. The van der Waals surface area contributed by atoms with Gasteiger partial charge in [-0.2, -0.15) is 0 Å². The van der Waals surface area contributed by atoms with Gasteiger partial charge in [0, 0.05) is 29.2 Å². The van der Waals surface area contributed by atoms with E-state index < -0.39 is 6.04 Å². The maximum atomic E-state index is 13.2. The van der Waals surface area contributed by atoms with Crippen molar-refractivity contribution < 1.29 is 9.59 Å². The van der Waals surface area contributed by atoms with Crippen LogP contribution in [0, 0.1) is 6.92 Å². The van der Waals surface area contributed by atoms with E-state index in [2.05, 4.69) is 10.3 Å². The molecule has 2 amide bonds. The molecule has 6 heteroatoms. The lowest BCUT2D eigenvalue weighted by atomic mass is 10.1. The topological polar surface area (TPSA) is 82.3 Å². The van der Waals surface area contributed by atoms with Gasteiger partial charge < -0.3 is 15.2 Å². The van der Waals surface area contributed by atoms with Crippen molar-refractivity contribution in [1.82, 2.24) is 9.88 Å². The SMILES string of the molecule is CCN(C(=O)c1cc(=O)[nH]c2ccccc12)C(C)C(=O)Nc1ccc(C)cc1. The Hall–Kier alpha value is -3.41. The van der Waals surface area contributed by atoms with E-state index in [1.54, 1.807) is 31.2 Å². The smallest absolute Gasteiger partial charge is 0.255 e. The highest BCUT2D eigenvalue weighted by Gasteiger charge is 2.27. The minimum absolute atomic E-state index is 0.284. The Morgan fingerprint density at radius 2 is 1.79 bits per heavy atom. The Kier molecular flexibility index (Phi) is 5.59. The van der Waals surface area contributed by atoms with Crippen molar-refractivity contribution >= 4 is 28.4 Å². The quantitative estimate of drug-likeness (QED) is 0.715. The van der Waals surface area contributed by atoms with Crippen molar-refractivity contribution in [3.8, 4) is 0 Å². The molecule has 28 heavy (non-hydrogen) atoms. The van der Waals surface area contributed by atoms with Crippen LogP contribution in [0.4, 0.5) is 5.69 Å². The fourth-order valence-electron chi connectivity index (χ4n) is 3.15. The number of amides is 2. The molecule has 144 valence electrons. The lowest BCUT2D eigenvalue weighted by Crippen LogP contribution is -2.45. The van der Waals surface area contributed by atoms with E-state index in [0.717, 1.165) is 5.56 Å². The van der Waals surface area contributed by atoms with Crippen molar-refractivity contribution in [2.45, 2.75) is 26.8 Å². The standard InChI is InChI=1S/C22H23N3O3/c1-4-25(15(3)21(27)23-16-11-9-14(2)10-12-16)22(28)18-13-20(26)24-19-8-6-5-7-17(18)19/h5-13,15H,4H2,1-3H3,(H,23,27)(H,24,26). The number of likely N-dealkylation sites (N-methyl/N-ethyl adjacent to an activating group) is 1. The predicted molar refractivity (Wildman–Crippen MR) is 111 cm³/mol. The van der Waals surface area contributed by atoms with Crippen molar-refractivity contribution in [3.05, 3.63) is 76.1 Å². The summed E-state index contributed by atoms with van der Waals surface area (Å²) in [7, 11) is 0. The van der Waals surface area contributed by atoms with Crippen LogP contribution < -0.4 is 10.9 Å². The highest BCUT2D eigenvalue weighted by atomic mass is 16.2. The minimum atomic E-state index is -0.697. The van der Waals surface area contributed by atoms with Crippen molar-refractivity contribution in [1.29, 1.82) is 0 Å². The molecule has 2 aromatic carbocycles. The molecule has 0 bridgehead atoms. The van der Waals surface area contributed by atoms with Crippen molar-refractivity contribution in [3.63, 3.8) is 0 Å². The first kappa shape index (κ1) is 19.4. The van der Waals surface area contributed by atoms with E-state index >= 15 is 0 Å². The average molecular weight is 377 g/mol. The number of aryl methyl sites for hydroxylation is 1. The molecule has 0 fully saturated rings. The summed E-state index contributed by atoms with van der Waals surface area (Å²) < 4.78 is 0. The summed E-state index contributed by atoms with van der Waals surface area (Å²) in [4.78, 5) is 42.0. The zero-order chi connectivity index (χ0) is 20.3. The van der Waals surface area contributed by atoms with Gasteiger partial charge >= 0.3 is 0 Å². The number of nitrogens with one attached hydrogen (secondary N) is 2. The number of hydrogen-bond acceptors (Lipinski definition) is 3. The molecular weight excluding hydrogens is 354 g/mol.